The summed E-state index contributed by atoms with van der Waals surface area (Å²) in [5.41, 5.74) is 0. The van der Waals surface area contributed by atoms with E-state index in [1.165, 1.54) is 0 Å². The van der Waals surface area contributed by atoms with Crippen molar-refractivity contribution in [2.45, 2.75) is 33.2 Å². The standard InChI is InChI=1S/C8H17NO2/c1-4-8(11)9-7(3)6(2)5-10/h6-7,10H,4-5H2,1-3H3,(H,9,11). The second kappa shape index (κ2) is 5.13. The highest BCUT2D eigenvalue weighted by Gasteiger charge is 2.11. The van der Waals surface area contributed by atoms with Crippen LogP contribution in [0.4, 0.5) is 0 Å². The smallest absolute Gasteiger partial charge is 0.219 e. The molecule has 2 atom stereocenters. The summed E-state index contributed by atoms with van der Waals surface area (Å²) < 4.78 is 0. The van der Waals surface area contributed by atoms with Gasteiger partial charge in [-0.2, -0.15) is 0 Å². The number of nitrogens with one attached hydrogen (secondary N) is 1. The molecular formula is C8H17NO2. The Morgan fingerprint density at radius 2 is 2.09 bits per heavy atom. The lowest BCUT2D eigenvalue weighted by Crippen LogP contribution is -2.37. The Balaban J connectivity index is 3.67. The van der Waals surface area contributed by atoms with Crippen LogP contribution in [0.1, 0.15) is 27.2 Å². The van der Waals surface area contributed by atoms with Crippen LogP contribution in [0.5, 0.6) is 0 Å². The van der Waals surface area contributed by atoms with E-state index in [-0.39, 0.29) is 24.5 Å². The Morgan fingerprint density at radius 1 is 1.55 bits per heavy atom. The average molecular weight is 159 g/mol. The summed E-state index contributed by atoms with van der Waals surface area (Å²) in [5, 5.41) is 11.5. The number of amides is 1. The zero-order valence-corrected chi connectivity index (χ0v) is 7.42. The number of carbonyl (C=O) groups excluding carboxylic acids is 1. The summed E-state index contributed by atoms with van der Waals surface area (Å²) in [7, 11) is 0. The molecule has 0 rings (SSSR count). The van der Waals surface area contributed by atoms with Gasteiger partial charge in [-0.25, -0.2) is 0 Å². The van der Waals surface area contributed by atoms with Crippen molar-refractivity contribution in [3.8, 4) is 0 Å². The van der Waals surface area contributed by atoms with Crippen molar-refractivity contribution in [3.63, 3.8) is 0 Å². The molecule has 66 valence electrons. The molecule has 0 bridgehead atoms. The second-order valence-corrected chi connectivity index (χ2v) is 2.87. The zero-order valence-electron chi connectivity index (χ0n) is 7.42. The molecule has 11 heavy (non-hydrogen) atoms. The first-order valence-electron chi connectivity index (χ1n) is 4.02. The van der Waals surface area contributed by atoms with Crippen molar-refractivity contribution >= 4 is 5.91 Å². The van der Waals surface area contributed by atoms with Crippen molar-refractivity contribution in [1.29, 1.82) is 0 Å². The molecule has 3 nitrogen and oxygen atoms in total. The molecule has 3 heteroatoms. The van der Waals surface area contributed by atoms with E-state index in [4.69, 9.17) is 5.11 Å². The predicted octanol–water partition coefficient (Wildman–Crippen LogP) is 0.529. The van der Waals surface area contributed by atoms with E-state index in [0.717, 1.165) is 0 Å². The molecule has 0 radical (unpaired) electrons. The van der Waals surface area contributed by atoms with Crippen LogP contribution in [-0.4, -0.2) is 23.7 Å². The third-order valence-corrected chi connectivity index (χ3v) is 1.85. The molecule has 0 aliphatic heterocycles. The molecule has 0 aromatic rings. The van der Waals surface area contributed by atoms with E-state index in [0.29, 0.717) is 6.42 Å². The number of aliphatic hydroxyl groups excluding tert-OH is 1. The predicted molar refractivity (Wildman–Crippen MR) is 44.1 cm³/mol. The van der Waals surface area contributed by atoms with Gasteiger partial charge in [-0.1, -0.05) is 13.8 Å². The molecule has 0 aliphatic carbocycles. The van der Waals surface area contributed by atoms with Crippen LogP contribution < -0.4 is 5.32 Å². The minimum Gasteiger partial charge on any atom is -0.396 e. The van der Waals surface area contributed by atoms with E-state index in [9.17, 15) is 4.79 Å². The van der Waals surface area contributed by atoms with Gasteiger partial charge in [0.15, 0.2) is 0 Å². The van der Waals surface area contributed by atoms with Crippen molar-refractivity contribution in [3.05, 3.63) is 0 Å². The molecule has 0 saturated heterocycles. The molecule has 0 fully saturated rings. The molecule has 0 spiro atoms. The van der Waals surface area contributed by atoms with Gasteiger partial charge in [-0.3, -0.25) is 4.79 Å². The van der Waals surface area contributed by atoms with Crippen molar-refractivity contribution in [2.75, 3.05) is 6.61 Å². The van der Waals surface area contributed by atoms with E-state index in [1.807, 2.05) is 20.8 Å². The van der Waals surface area contributed by atoms with E-state index >= 15 is 0 Å². The van der Waals surface area contributed by atoms with Crippen molar-refractivity contribution in [2.24, 2.45) is 5.92 Å². The third kappa shape index (κ3) is 3.98. The fourth-order valence-corrected chi connectivity index (χ4v) is 0.656. The Bertz CT molecular complexity index is 125. The monoisotopic (exact) mass is 159 g/mol. The summed E-state index contributed by atoms with van der Waals surface area (Å²) in [6, 6.07) is 0.0625. The lowest BCUT2D eigenvalue weighted by atomic mass is 10.1. The van der Waals surface area contributed by atoms with Gasteiger partial charge in [0.1, 0.15) is 0 Å². The van der Waals surface area contributed by atoms with Gasteiger partial charge >= 0.3 is 0 Å². The molecule has 0 aromatic heterocycles. The lowest BCUT2D eigenvalue weighted by Gasteiger charge is -2.18. The van der Waals surface area contributed by atoms with E-state index in [1.54, 1.807) is 0 Å². The highest BCUT2D eigenvalue weighted by atomic mass is 16.3. The van der Waals surface area contributed by atoms with Crippen LogP contribution in [-0.2, 0) is 4.79 Å². The van der Waals surface area contributed by atoms with Crippen molar-refractivity contribution in [1.82, 2.24) is 5.32 Å². The summed E-state index contributed by atoms with van der Waals surface area (Å²) in [6.07, 6.45) is 0.502. The topological polar surface area (TPSA) is 49.3 Å². The van der Waals surface area contributed by atoms with Crippen LogP contribution in [0.25, 0.3) is 0 Å². The largest absolute Gasteiger partial charge is 0.396 e. The normalized spacial score (nSPS) is 15.6. The summed E-state index contributed by atoms with van der Waals surface area (Å²) in [6.45, 7) is 5.73. The first kappa shape index (κ1) is 10.4. The molecule has 2 N–H and O–H groups in total. The fourth-order valence-electron chi connectivity index (χ4n) is 0.656. The Kier molecular flexibility index (Phi) is 4.86. The van der Waals surface area contributed by atoms with Gasteiger partial charge in [0.2, 0.25) is 5.91 Å². The van der Waals surface area contributed by atoms with E-state index in [2.05, 4.69) is 5.32 Å². The summed E-state index contributed by atoms with van der Waals surface area (Å²) in [5.74, 6) is 0.170. The van der Waals surface area contributed by atoms with Gasteiger partial charge < -0.3 is 10.4 Å². The fraction of sp³-hybridized carbons (Fsp3) is 0.875. The summed E-state index contributed by atoms with van der Waals surface area (Å²) >= 11 is 0. The molecule has 0 aromatic carbocycles. The Morgan fingerprint density at radius 3 is 2.45 bits per heavy atom. The van der Waals surface area contributed by atoms with Crippen LogP contribution in [0.3, 0.4) is 0 Å². The lowest BCUT2D eigenvalue weighted by molar-refractivity contribution is -0.121. The molecule has 0 heterocycles. The molecular weight excluding hydrogens is 142 g/mol. The van der Waals surface area contributed by atoms with Gasteiger partial charge in [0.05, 0.1) is 0 Å². The highest BCUT2D eigenvalue weighted by Crippen LogP contribution is 2.00. The van der Waals surface area contributed by atoms with Crippen LogP contribution in [0, 0.1) is 5.92 Å². The number of rotatable bonds is 4. The Labute approximate surface area is 67.8 Å². The number of hydrogen-bond acceptors (Lipinski definition) is 2. The maximum atomic E-state index is 10.8. The van der Waals surface area contributed by atoms with Gasteiger partial charge in [-0.15, -0.1) is 0 Å². The Hall–Kier alpha value is -0.570. The first-order valence-corrected chi connectivity index (χ1v) is 4.02. The molecule has 1 amide bonds. The SMILES string of the molecule is CCC(=O)NC(C)C(C)CO. The molecule has 2 unspecified atom stereocenters. The third-order valence-electron chi connectivity index (χ3n) is 1.85. The van der Waals surface area contributed by atoms with Crippen LogP contribution >= 0.6 is 0 Å². The zero-order chi connectivity index (χ0) is 8.85. The number of carbonyl (C=O) groups is 1. The quantitative estimate of drug-likeness (QED) is 0.628. The highest BCUT2D eigenvalue weighted by molar-refractivity contribution is 5.75. The summed E-state index contributed by atoms with van der Waals surface area (Å²) in [4.78, 5) is 10.8. The number of aliphatic hydroxyl groups is 1. The second-order valence-electron chi connectivity index (χ2n) is 2.87. The average Bonchev–Trinajstić information content (AvgIpc) is 2.02. The maximum Gasteiger partial charge on any atom is 0.219 e. The van der Waals surface area contributed by atoms with Crippen LogP contribution in [0.2, 0.25) is 0 Å². The molecule has 0 aliphatic rings. The van der Waals surface area contributed by atoms with Gasteiger partial charge in [-0.05, 0) is 12.8 Å². The minimum absolute atomic E-state index is 0.0396. The van der Waals surface area contributed by atoms with Gasteiger partial charge in [0.25, 0.3) is 0 Å². The van der Waals surface area contributed by atoms with E-state index < -0.39 is 0 Å². The number of hydrogen-bond donors (Lipinski definition) is 2. The van der Waals surface area contributed by atoms with Crippen molar-refractivity contribution < 1.29 is 9.90 Å². The van der Waals surface area contributed by atoms with Gasteiger partial charge in [0, 0.05) is 19.1 Å². The first-order chi connectivity index (χ1) is 5.11. The maximum absolute atomic E-state index is 10.8. The van der Waals surface area contributed by atoms with Crippen LogP contribution in [0.15, 0.2) is 0 Å². The minimum atomic E-state index is 0.0396. The molecule has 0 saturated carbocycles.